The Balaban J connectivity index is 1.79. The van der Waals surface area contributed by atoms with Crippen LogP contribution >= 0.6 is 0 Å². The van der Waals surface area contributed by atoms with Crippen molar-refractivity contribution in [2.75, 3.05) is 43.9 Å². The molecule has 0 unspecified atom stereocenters. The van der Waals surface area contributed by atoms with Crippen molar-refractivity contribution in [3.8, 4) is 0 Å². The normalized spacial score (nSPS) is 28.7. The molecule has 0 amide bonds. The second-order valence-corrected chi connectivity index (χ2v) is 5.37. The number of nitrogen functional groups attached to an aromatic ring is 1. The Bertz CT molecular complexity index is 399. The average molecular weight is 233 g/mol. The van der Waals surface area contributed by atoms with Gasteiger partial charge in [-0.05, 0) is 25.8 Å². The standard InChI is InChI=1S/C12H19N5/c1-8-3-11(15-12(13)14-8)17-6-9-4-16(2)5-10(9)7-17/h3,9-10H,4-7H2,1-2H3,(H2,13,14,15)/t9-,10+. The van der Waals surface area contributed by atoms with Crippen molar-refractivity contribution in [2.45, 2.75) is 6.92 Å². The number of aryl methyl sites for hydroxylation is 1. The summed E-state index contributed by atoms with van der Waals surface area (Å²) < 4.78 is 0. The van der Waals surface area contributed by atoms with Crippen molar-refractivity contribution in [3.63, 3.8) is 0 Å². The Morgan fingerprint density at radius 1 is 1.18 bits per heavy atom. The topological polar surface area (TPSA) is 58.3 Å². The van der Waals surface area contributed by atoms with Crippen LogP contribution in [0.5, 0.6) is 0 Å². The zero-order valence-corrected chi connectivity index (χ0v) is 10.4. The van der Waals surface area contributed by atoms with Gasteiger partial charge in [-0.15, -0.1) is 0 Å². The van der Waals surface area contributed by atoms with Crippen LogP contribution < -0.4 is 10.6 Å². The molecule has 2 fully saturated rings. The highest BCUT2D eigenvalue weighted by atomic mass is 15.3. The molecule has 0 bridgehead atoms. The molecule has 2 atom stereocenters. The number of nitrogens with zero attached hydrogens (tertiary/aromatic N) is 4. The summed E-state index contributed by atoms with van der Waals surface area (Å²) in [5.41, 5.74) is 6.65. The maximum absolute atomic E-state index is 5.71. The van der Waals surface area contributed by atoms with Gasteiger partial charge in [-0.3, -0.25) is 0 Å². The van der Waals surface area contributed by atoms with Gasteiger partial charge in [-0.1, -0.05) is 0 Å². The third-order valence-electron chi connectivity index (χ3n) is 3.85. The molecule has 3 heterocycles. The first-order chi connectivity index (χ1) is 8.11. The lowest BCUT2D eigenvalue weighted by molar-refractivity contribution is 0.387. The van der Waals surface area contributed by atoms with Crippen LogP contribution in [0.2, 0.25) is 0 Å². The number of rotatable bonds is 1. The number of anilines is 2. The van der Waals surface area contributed by atoms with Crippen molar-refractivity contribution in [2.24, 2.45) is 11.8 Å². The SMILES string of the molecule is Cc1cc(N2C[C@H]3CN(C)C[C@H]3C2)nc(N)n1. The zero-order valence-electron chi connectivity index (χ0n) is 10.4. The Hall–Kier alpha value is -1.36. The first-order valence-corrected chi connectivity index (χ1v) is 6.16. The first kappa shape index (κ1) is 10.8. The highest BCUT2D eigenvalue weighted by Gasteiger charge is 2.39. The van der Waals surface area contributed by atoms with Gasteiger partial charge in [0.05, 0.1) is 0 Å². The maximum Gasteiger partial charge on any atom is 0.222 e. The van der Waals surface area contributed by atoms with Gasteiger partial charge in [-0.2, -0.15) is 4.98 Å². The van der Waals surface area contributed by atoms with Crippen LogP contribution in [0.1, 0.15) is 5.69 Å². The Labute approximate surface area is 102 Å². The number of hydrogen-bond donors (Lipinski definition) is 1. The lowest BCUT2D eigenvalue weighted by atomic mass is 10.0. The van der Waals surface area contributed by atoms with E-state index in [2.05, 4.69) is 26.8 Å². The maximum atomic E-state index is 5.71. The van der Waals surface area contributed by atoms with Crippen LogP contribution in [-0.2, 0) is 0 Å². The molecule has 1 aromatic rings. The van der Waals surface area contributed by atoms with Crippen LogP contribution in [0.15, 0.2) is 6.07 Å². The van der Waals surface area contributed by atoms with Gasteiger partial charge in [0.15, 0.2) is 0 Å². The van der Waals surface area contributed by atoms with Gasteiger partial charge in [-0.25, -0.2) is 4.98 Å². The fraction of sp³-hybridized carbons (Fsp3) is 0.667. The molecule has 17 heavy (non-hydrogen) atoms. The third-order valence-corrected chi connectivity index (χ3v) is 3.85. The fourth-order valence-corrected chi connectivity index (χ4v) is 3.15. The van der Waals surface area contributed by atoms with E-state index in [1.807, 2.05) is 13.0 Å². The zero-order chi connectivity index (χ0) is 12.0. The van der Waals surface area contributed by atoms with Crippen LogP contribution in [0.4, 0.5) is 11.8 Å². The molecule has 5 heteroatoms. The molecule has 2 aliphatic rings. The smallest absolute Gasteiger partial charge is 0.222 e. The fourth-order valence-electron chi connectivity index (χ4n) is 3.15. The Morgan fingerprint density at radius 3 is 2.41 bits per heavy atom. The van der Waals surface area contributed by atoms with Crippen molar-refractivity contribution >= 4 is 11.8 Å². The van der Waals surface area contributed by atoms with Crippen molar-refractivity contribution < 1.29 is 0 Å². The van der Waals surface area contributed by atoms with Crippen LogP contribution in [0, 0.1) is 18.8 Å². The second kappa shape index (κ2) is 3.84. The van der Waals surface area contributed by atoms with Crippen LogP contribution in [0.25, 0.3) is 0 Å². The summed E-state index contributed by atoms with van der Waals surface area (Å²) in [5, 5.41) is 0. The van der Waals surface area contributed by atoms with E-state index in [4.69, 9.17) is 5.73 Å². The Morgan fingerprint density at radius 2 is 1.82 bits per heavy atom. The second-order valence-electron chi connectivity index (χ2n) is 5.37. The highest BCUT2D eigenvalue weighted by Crippen LogP contribution is 2.32. The molecule has 5 nitrogen and oxygen atoms in total. The lowest BCUT2D eigenvalue weighted by Gasteiger charge is -2.20. The molecule has 0 aliphatic carbocycles. The van der Waals surface area contributed by atoms with Gasteiger partial charge >= 0.3 is 0 Å². The van der Waals surface area contributed by atoms with Crippen molar-refractivity contribution in [3.05, 3.63) is 11.8 Å². The number of fused-ring (bicyclic) bond motifs is 1. The van der Waals surface area contributed by atoms with E-state index in [0.29, 0.717) is 5.95 Å². The number of nitrogens with two attached hydrogens (primary N) is 1. The highest BCUT2D eigenvalue weighted by molar-refractivity contribution is 5.44. The van der Waals surface area contributed by atoms with Gasteiger partial charge in [0.1, 0.15) is 5.82 Å². The average Bonchev–Trinajstić information content (AvgIpc) is 2.72. The monoisotopic (exact) mass is 233 g/mol. The van der Waals surface area contributed by atoms with E-state index in [1.54, 1.807) is 0 Å². The van der Waals surface area contributed by atoms with E-state index >= 15 is 0 Å². The molecule has 92 valence electrons. The van der Waals surface area contributed by atoms with Gasteiger partial charge in [0.2, 0.25) is 5.95 Å². The Kier molecular flexibility index (Phi) is 2.43. The summed E-state index contributed by atoms with van der Waals surface area (Å²) in [4.78, 5) is 13.2. The summed E-state index contributed by atoms with van der Waals surface area (Å²) >= 11 is 0. The number of hydrogen-bond acceptors (Lipinski definition) is 5. The minimum atomic E-state index is 0.383. The van der Waals surface area contributed by atoms with E-state index in [1.165, 1.54) is 13.1 Å². The third kappa shape index (κ3) is 1.95. The minimum absolute atomic E-state index is 0.383. The molecular weight excluding hydrogens is 214 g/mol. The minimum Gasteiger partial charge on any atom is -0.368 e. The lowest BCUT2D eigenvalue weighted by Crippen LogP contribution is -2.27. The molecule has 0 saturated carbocycles. The molecule has 3 rings (SSSR count). The number of aromatic nitrogens is 2. The number of likely N-dealkylation sites (tertiary alicyclic amines) is 1. The predicted octanol–water partition coefficient (Wildman–Crippen LogP) is 0.365. The summed E-state index contributed by atoms with van der Waals surface area (Å²) in [6.45, 7) is 6.59. The molecule has 0 aromatic carbocycles. The molecule has 2 saturated heterocycles. The van der Waals surface area contributed by atoms with Gasteiger partial charge in [0.25, 0.3) is 0 Å². The van der Waals surface area contributed by atoms with E-state index < -0.39 is 0 Å². The largest absolute Gasteiger partial charge is 0.368 e. The molecule has 2 N–H and O–H groups in total. The van der Waals surface area contributed by atoms with E-state index in [-0.39, 0.29) is 0 Å². The molecule has 1 aromatic heterocycles. The molecular formula is C12H19N5. The van der Waals surface area contributed by atoms with E-state index in [9.17, 15) is 0 Å². The summed E-state index contributed by atoms with van der Waals surface area (Å²) in [6.07, 6.45) is 0. The molecule has 0 radical (unpaired) electrons. The summed E-state index contributed by atoms with van der Waals surface area (Å²) in [6, 6.07) is 2.03. The molecule has 2 aliphatic heterocycles. The van der Waals surface area contributed by atoms with Gasteiger partial charge < -0.3 is 15.5 Å². The van der Waals surface area contributed by atoms with Crippen molar-refractivity contribution in [1.29, 1.82) is 0 Å². The molecule has 0 spiro atoms. The summed E-state index contributed by atoms with van der Waals surface area (Å²) in [7, 11) is 2.20. The van der Waals surface area contributed by atoms with E-state index in [0.717, 1.165) is 36.4 Å². The quantitative estimate of drug-likeness (QED) is 0.759. The van der Waals surface area contributed by atoms with Crippen LogP contribution in [-0.4, -0.2) is 48.1 Å². The first-order valence-electron chi connectivity index (χ1n) is 6.16. The van der Waals surface area contributed by atoms with Crippen LogP contribution in [0.3, 0.4) is 0 Å². The predicted molar refractivity (Wildman–Crippen MR) is 67.9 cm³/mol. The van der Waals surface area contributed by atoms with Crippen molar-refractivity contribution in [1.82, 2.24) is 14.9 Å². The van der Waals surface area contributed by atoms with Gasteiger partial charge in [0, 0.05) is 37.9 Å². The summed E-state index contributed by atoms with van der Waals surface area (Å²) in [5.74, 6) is 2.95.